The Labute approximate surface area is 140 Å². The lowest BCUT2D eigenvalue weighted by Crippen LogP contribution is -2.37. The van der Waals surface area contributed by atoms with Crippen molar-refractivity contribution in [1.82, 2.24) is 29.7 Å². The van der Waals surface area contributed by atoms with Crippen LogP contribution < -0.4 is 4.90 Å². The van der Waals surface area contributed by atoms with Gasteiger partial charge in [0, 0.05) is 32.0 Å². The summed E-state index contributed by atoms with van der Waals surface area (Å²) in [7, 11) is 0. The molecule has 0 N–H and O–H groups in total. The van der Waals surface area contributed by atoms with Crippen LogP contribution in [0.1, 0.15) is 24.5 Å². The van der Waals surface area contributed by atoms with E-state index in [0.29, 0.717) is 11.6 Å². The SMILES string of the molecule is Cc1nc(C)n(CC2CCCN(c3ccc4nccnc4n3)C2)n1. The van der Waals surface area contributed by atoms with Crippen LogP contribution in [0.5, 0.6) is 0 Å². The van der Waals surface area contributed by atoms with E-state index in [1.54, 1.807) is 12.4 Å². The summed E-state index contributed by atoms with van der Waals surface area (Å²) in [6, 6.07) is 4.05. The zero-order chi connectivity index (χ0) is 16.5. The molecule has 124 valence electrons. The molecule has 4 rings (SSSR count). The van der Waals surface area contributed by atoms with Gasteiger partial charge in [-0.1, -0.05) is 0 Å². The van der Waals surface area contributed by atoms with Crippen molar-refractivity contribution in [2.45, 2.75) is 33.2 Å². The van der Waals surface area contributed by atoms with Crippen LogP contribution >= 0.6 is 0 Å². The van der Waals surface area contributed by atoms with E-state index in [0.717, 1.165) is 49.0 Å². The third-order valence-corrected chi connectivity index (χ3v) is 4.55. The van der Waals surface area contributed by atoms with Crippen LogP contribution in [0.3, 0.4) is 0 Å². The molecule has 0 aliphatic carbocycles. The fraction of sp³-hybridized carbons (Fsp3) is 0.471. The van der Waals surface area contributed by atoms with Crippen LogP contribution in [0.4, 0.5) is 5.82 Å². The monoisotopic (exact) mass is 323 g/mol. The highest BCUT2D eigenvalue weighted by molar-refractivity contribution is 5.71. The average molecular weight is 323 g/mol. The number of aryl methyl sites for hydroxylation is 2. The van der Waals surface area contributed by atoms with Crippen molar-refractivity contribution in [3.05, 3.63) is 36.2 Å². The number of hydrogen-bond acceptors (Lipinski definition) is 6. The molecule has 0 aromatic carbocycles. The second kappa shape index (κ2) is 6.14. The van der Waals surface area contributed by atoms with Crippen LogP contribution in [-0.4, -0.2) is 42.8 Å². The largest absolute Gasteiger partial charge is 0.356 e. The molecule has 0 spiro atoms. The first-order valence-corrected chi connectivity index (χ1v) is 8.40. The molecule has 0 radical (unpaired) electrons. The van der Waals surface area contributed by atoms with Crippen molar-refractivity contribution in [1.29, 1.82) is 0 Å². The molecule has 1 aliphatic heterocycles. The Morgan fingerprint density at radius 1 is 1.12 bits per heavy atom. The van der Waals surface area contributed by atoms with Gasteiger partial charge in [0.1, 0.15) is 23.0 Å². The fourth-order valence-corrected chi connectivity index (χ4v) is 3.42. The van der Waals surface area contributed by atoms with E-state index in [-0.39, 0.29) is 0 Å². The van der Waals surface area contributed by atoms with E-state index in [2.05, 4.69) is 29.9 Å². The highest BCUT2D eigenvalue weighted by Gasteiger charge is 2.22. The number of aromatic nitrogens is 6. The van der Waals surface area contributed by atoms with E-state index in [9.17, 15) is 0 Å². The number of anilines is 1. The van der Waals surface area contributed by atoms with E-state index < -0.39 is 0 Å². The summed E-state index contributed by atoms with van der Waals surface area (Å²) < 4.78 is 2.03. The van der Waals surface area contributed by atoms with Crippen LogP contribution in [0.25, 0.3) is 11.2 Å². The molecule has 0 bridgehead atoms. The second-order valence-electron chi connectivity index (χ2n) is 6.41. The highest BCUT2D eigenvalue weighted by atomic mass is 15.3. The maximum atomic E-state index is 4.68. The number of rotatable bonds is 3. The third-order valence-electron chi connectivity index (χ3n) is 4.55. The van der Waals surface area contributed by atoms with Gasteiger partial charge in [-0.2, -0.15) is 5.10 Å². The van der Waals surface area contributed by atoms with Gasteiger partial charge in [0.05, 0.1) is 0 Å². The molecular weight excluding hydrogens is 302 g/mol. The smallest absolute Gasteiger partial charge is 0.180 e. The van der Waals surface area contributed by atoms with Gasteiger partial charge in [-0.15, -0.1) is 0 Å². The lowest BCUT2D eigenvalue weighted by Gasteiger charge is -2.33. The minimum absolute atomic E-state index is 0.554. The maximum Gasteiger partial charge on any atom is 0.180 e. The van der Waals surface area contributed by atoms with Crippen LogP contribution in [0.15, 0.2) is 24.5 Å². The Morgan fingerprint density at radius 3 is 2.83 bits per heavy atom. The van der Waals surface area contributed by atoms with E-state index in [4.69, 9.17) is 0 Å². The molecule has 0 amide bonds. The van der Waals surface area contributed by atoms with Gasteiger partial charge >= 0.3 is 0 Å². The summed E-state index contributed by atoms with van der Waals surface area (Å²) in [4.78, 5) is 20.0. The number of hydrogen-bond donors (Lipinski definition) is 0. The first kappa shape index (κ1) is 15.0. The molecule has 3 aromatic rings. The summed E-state index contributed by atoms with van der Waals surface area (Å²) in [5, 5.41) is 4.50. The summed E-state index contributed by atoms with van der Waals surface area (Å²) in [6.07, 6.45) is 5.76. The molecule has 1 saturated heterocycles. The van der Waals surface area contributed by atoms with Gasteiger partial charge < -0.3 is 4.90 Å². The number of fused-ring (bicyclic) bond motifs is 1. The van der Waals surface area contributed by atoms with E-state index in [1.165, 1.54) is 6.42 Å². The molecule has 0 saturated carbocycles. The predicted molar refractivity (Wildman–Crippen MR) is 91.8 cm³/mol. The Balaban J connectivity index is 1.52. The topological polar surface area (TPSA) is 72.6 Å². The number of pyridine rings is 1. The molecule has 24 heavy (non-hydrogen) atoms. The fourth-order valence-electron chi connectivity index (χ4n) is 3.42. The Hall–Kier alpha value is -2.57. The highest BCUT2D eigenvalue weighted by Crippen LogP contribution is 2.24. The molecule has 4 heterocycles. The lowest BCUT2D eigenvalue weighted by atomic mass is 9.98. The minimum Gasteiger partial charge on any atom is -0.356 e. The molecule has 7 nitrogen and oxygen atoms in total. The number of piperidine rings is 1. The summed E-state index contributed by atoms with van der Waals surface area (Å²) in [5.74, 6) is 3.37. The normalized spacial score (nSPS) is 18.2. The first-order chi connectivity index (χ1) is 11.7. The molecule has 7 heteroatoms. The third kappa shape index (κ3) is 2.93. The predicted octanol–water partition coefficient (Wildman–Crippen LogP) is 2.15. The van der Waals surface area contributed by atoms with Crippen LogP contribution in [-0.2, 0) is 6.54 Å². The maximum absolute atomic E-state index is 4.68. The van der Waals surface area contributed by atoms with Crippen molar-refractivity contribution < 1.29 is 0 Å². The molecule has 1 fully saturated rings. The van der Waals surface area contributed by atoms with Crippen molar-refractivity contribution in [3.8, 4) is 0 Å². The molecule has 1 unspecified atom stereocenters. The summed E-state index contributed by atoms with van der Waals surface area (Å²) >= 11 is 0. The summed E-state index contributed by atoms with van der Waals surface area (Å²) in [6.45, 7) is 6.89. The zero-order valence-electron chi connectivity index (χ0n) is 14.1. The van der Waals surface area contributed by atoms with Gasteiger partial charge in [-0.05, 0) is 44.7 Å². The van der Waals surface area contributed by atoms with Gasteiger partial charge in [-0.3, -0.25) is 4.98 Å². The summed E-state index contributed by atoms with van der Waals surface area (Å²) in [5.41, 5.74) is 1.54. The Kier molecular flexibility index (Phi) is 3.84. The van der Waals surface area contributed by atoms with Gasteiger partial charge in [0.25, 0.3) is 0 Å². The van der Waals surface area contributed by atoms with Gasteiger partial charge in [0.15, 0.2) is 5.65 Å². The number of nitrogens with zero attached hydrogens (tertiary/aromatic N) is 7. The first-order valence-electron chi connectivity index (χ1n) is 8.40. The van der Waals surface area contributed by atoms with Crippen molar-refractivity contribution in [3.63, 3.8) is 0 Å². The van der Waals surface area contributed by atoms with Gasteiger partial charge in [-0.25, -0.2) is 19.6 Å². The molecule has 1 aliphatic rings. The molecule has 1 atom stereocenters. The molecular formula is C17H21N7. The Bertz CT molecular complexity index is 857. The van der Waals surface area contributed by atoms with Gasteiger partial charge in [0.2, 0.25) is 0 Å². The standard InChI is InChI=1S/C17H21N7/c1-12-20-13(2)24(22-12)11-14-4-3-9-23(10-14)16-6-5-15-17(21-16)19-8-7-18-15/h5-8,14H,3-4,9-11H2,1-2H3. The second-order valence-corrected chi connectivity index (χ2v) is 6.41. The Morgan fingerprint density at radius 2 is 2.00 bits per heavy atom. The zero-order valence-corrected chi connectivity index (χ0v) is 14.1. The average Bonchev–Trinajstić information content (AvgIpc) is 2.92. The van der Waals surface area contributed by atoms with Crippen LogP contribution in [0, 0.1) is 19.8 Å². The van der Waals surface area contributed by atoms with E-state index >= 15 is 0 Å². The van der Waals surface area contributed by atoms with Crippen molar-refractivity contribution in [2.75, 3.05) is 18.0 Å². The van der Waals surface area contributed by atoms with Crippen molar-refractivity contribution >= 4 is 17.0 Å². The van der Waals surface area contributed by atoms with Crippen LogP contribution in [0.2, 0.25) is 0 Å². The van der Waals surface area contributed by atoms with Crippen molar-refractivity contribution in [2.24, 2.45) is 5.92 Å². The molecule has 3 aromatic heterocycles. The minimum atomic E-state index is 0.554. The lowest BCUT2D eigenvalue weighted by molar-refractivity contribution is 0.346. The van der Waals surface area contributed by atoms with E-state index in [1.807, 2.05) is 30.7 Å². The quantitative estimate of drug-likeness (QED) is 0.735.